The molecule has 2 saturated heterocycles. The van der Waals surface area contributed by atoms with Crippen LogP contribution in [0.2, 0.25) is 0 Å². The van der Waals surface area contributed by atoms with E-state index in [0.29, 0.717) is 13.1 Å². The van der Waals surface area contributed by atoms with Crippen LogP contribution in [0.25, 0.3) is 0 Å². The minimum absolute atomic E-state index is 0.0113. The number of amides is 2. The Balaban J connectivity index is 1.59. The van der Waals surface area contributed by atoms with E-state index in [-0.39, 0.29) is 23.7 Å². The first-order valence-electron chi connectivity index (χ1n) is 9.50. The number of hydrogen-bond acceptors (Lipinski definition) is 3. The summed E-state index contributed by atoms with van der Waals surface area (Å²) in [7, 11) is 0. The average Bonchev–Trinajstić information content (AvgIpc) is 3.16. The van der Waals surface area contributed by atoms with Crippen molar-refractivity contribution in [3.8, 4) is 0 Å². The van der Waals surface area contributed by atoms with E-state index in [4.69, 9.17) is 0 Å². The summed E-state index contributed by atoms with van der Waals surface area (Å²) in [6.07, 6.45) is 3.92. The summed E-state index contributed by atoms with van der Waals surface area (Å²) in [4.78, 5) is 29.0. The summed E-state index contributed by atoms with van der Waals surface area (Å²) in [5.41, 5.74) is 2.04. The summed E-state index contributed by atoms with van der Waals surface area (Å²) in [6.45, 7) is 7.34. The van der Waals surface area contributed by atoms with Crippen molar-refractivity contribution < 1.29 is 9.59 Å². The van der Waals surface area contributed by atoms with E-state index in [2.05, 4.69) is 16.3 Å². The molecule has 5 heteroatoms. The molecule has 136 valence electrons. The SMILES string of the molecule is CC(C)C(=O)N1CCC(C(=O)Nc2ccccc2N2CCCC2)CC1. The lowest BCUT2D eigenvalue weighted by atomic mass is 9.95. The molecular formula is C20H29N3O2. The van der Waals surface area contributed by atoms with Crippen molar-refractivity contribution >= 4 is 23.2 Å². The maximum atomic E-state index is 12.7. The second-order valence-electron chi connectivity index (χ2n) is 7.45. The van der Waals surface area contributed by atoms with Gasteiger partial charge < -0.3 is 15.1 Å². The highest BCUT2D eigenvalue weighted by Gasteiger charge is 2.28. The van der Waals surface area contributed by atoms with Gasteiger partial charge in [-0.25, -0.2) is 0 Å². The topological polar surface area (TPSA) is 52.7 Å². The molecule has 2 aliphatic heterocycles. The number of likely N-dealkylation sites (tertiary alicyclic amines) is 1. The van der Waals surface area contributed by atoms with Gasteiger partial charge in [0, 0.05) is 38.0 Å². The third-order valence-electron chi connectivity index (χ3n) is 5.28. The first-order chi connectivity index (χ1) is 12.1. The fraction of sp³-hybridized carbons (Fsp3) is 0.600. The van der Waals surface area contributed by atoms with Crippen LogP contribution in [0.1, 0.15) is 39.5 Å². The number of hydrogen-bond donors (Lipinski definition) is 1. The Morgan fingerprint density at radius 1 is 1.04 bits per heavy atom. The Labute approximate surface area is 150 Å². The third kappa shape index (κ3) is 4.14. The predicted molar refractivity (Wildman–Crippen MR) is 101 cm³/mol. The number of para-hydroxylation sites is 2. The number of nitrogens with zero attached hydrogens (tertiary/aromatic N) is 2. The molecule has 0 saturated carbocycles. The molecule has 0 aliphatic carbocycles. The lowest BCUT2D eigenvalue weighted by Crippen LogP contribution is -2.43. The van der Waals surface area contributed by atoms with Crippen LogP contribution in [-0.4, -0.2) is 42.9 Å². The molecule has 1 N–H and O–H groups in total. The van der Waals surface area contributed by atoms with Crippen LogP contribution < -0.4 is 10.2 Å². The molecule has 2 amide bonds. The quantitative estimate of drug-likeness (QED) is 0.914. The van der Waals surface area contributed by atoms with E-state index in [1.54, 1.807) is 0 Å². The molecule has 0 aromatic heterocycles. The van der Waals surface area contributed by atoms with Crippen LogP contribution in [0.5, 0.6) is 0 Å². The Hall–Kier alpha value is -2.04. The maximum absolute atomic E-state index is 12.7. The van der Waals surface area contributed by atoms with E-state index < -0.39 is 0 Å². The van der Waals surface area contributed by atoms with E-state index in [0.717, 1.165) is 37.3 Å². The minimum atomic E-state index is -0.0113. The van der Waals surface area contributed by atoms with Gasteiger partial charge in [0.15, 0.2) is 0 Å². The molecule has 1 aromatic carbocycles. The van der Waals surface area contributed by atoms with Gasteiger partial charge in [-0.3, -0.25) is 9.59 Å². The van der Waals surface area contributed by atoms with Crippen molar-refractivity contribution in [2.75, 3.05) is 36.4 Å². The molecule has 0 spiro atoms. The Kier molecular flexibility index (Phi) is 5.61. The number of rotatable bonds is 4. The highest BCUT2D eigenvalue weighted by molar-refractivity contribution is 5.96. The number of benzene rings is 1. The van der Waals surface area contributed by atoms with Gasteiger partial charge in [0.05, 0.1) is 11.4 Å². The van der Waals surface area contributed by atoms with Crippen LogP contribution >= 0.6 is 0 Å². The second-order valence-corrected chi connectivity index (χ2v) is 7.45. The summed E-state index contributed by atoms with van der Waals surface area (Å²) >= 11 is 0. The summed E-state index contributed by atoms with van der Waals surface area (Å²) < 4.78 is 0. The molecule has 3 rings (SSSR count). The van der Waals surface area contributed by atoms with Crippen LogP contribution in [-0.2, 0) is 9.59 Å². The molecule has 0 atom stereocenters. The monoisotopic (exact) mass is 343 g/mol. The second kappa shape index (κ2) is 7.89. The largest absolute Gasteiger partial charge is 0.370 e. The summed E-state index contributed by atoms with van der Waals surface area (Å²) in [5, 5.41) is 3.14. The third-order valence-corrected chi connectivity index (χ3v) is 5.28. The summed E-state index contributed by atoms with van der Waals surface area (Å²) in [6, 6.07) is 8.08. The zero-order valence-electron chi connectivity index (χ0n) is 15.3. The normalized spacial score (nSPS) is 18.7. The lowest BCUT2D eigenvalue weighted by molar-refractivity contribution is -0.137. The zero-order chi connectivity index (χ0) is 17.8. The van der Waals surface area contributed by atoms with E-state index in [1.165, 1.54) is 12.8 Å². The molecule has 2 heterocycles. The van der Waals surface area contributed by atoms with Gasteiger partial charge in [-0.15, -0.1) is 0 Å². The van der Waals surface area contributed by atoms with Crippen molar-refractivity contribution in [2.24, 2.45) is 11.8 Å². The average molecular weight is 343 g/mol. The molecule has 1 aromatic rings. The zero-order valence-corrected chi connectivity index (χ0v) is 15.3. The lowest BCUT2D eigenvalue weighted by Gasteiger charge is -2.32. The molecule has 2 fully saturated rings. The number of carbonyl (C=O) groups is 2. The van der Waals surface area contributed by atoms with Gasteiger partial charge in [-0.05, 0) is 37.8 Å². The van der Waals surface area contributed by atoms with Crippen molar-refractivity contribution in [3.05, 3.63) is 24.3 Å². The van der Waals surface area contributed by atoms with E-state index in [9.17, 15) is 9.59 Å². The molecule has 5 nitrogen and oxygen atoms in total. The molecule has 25 heavy (non-hydrogen) atoms. The number of nitrogens with one attached hydrogen (secondary N) is 1. The highest BCUT2D eigenvalue weighted by Crippen LogP contribution is 2.30. The van der Waals surface area contributed by atoms with Crippen molar-refractivity contribution in [2.45, 2.75) is 39.5 Å². The van der Waals surface area contributed by atoms with Gasteiger partial charge in [0.2, 0.25) is 11.8 Å². The standard InChI is InChI=1S/C20H29N3O2/c1-15(2)20(25)23-13-9-16(10-14-23)19(24)21-17-7-3-4-8-18(17)22-11-5-6-12-22/h3-4,7-8,15-16H,5-6,9-14H2,1-2H3,(H,21,24). The predicted octanol–water partition coefficient (Wildman–Crippen LogP) is 3.12. The molecular weight excluding hydrogens is 314 g/mol. The first-order valence-corrected chi connectivity index (χ1v) is 9.50. The fourth-order valence-electron chi connectivity index (χ4n) is 3.78. The van der Waals surface area contributed by atoms with Crippen LogP contribution in [0.4, 0.5) is 11.4 Å². The van der Waals surface area contributed by atoms with Gasteiger partial charge >= 0.3 is 0 Å². The van der Waals surface area contributed by atoms with Crippen LogP contribution in [0, 0.1) is 11.8 Å². The van der Waals surface area contributed by atoms with Crippen molar-refractivity contribution in [1.29, 1.82) is 0 Å². The van der Waals surface area contributed by atoms with Gasteiger partial charge in [0.1, 0.15) is 0 Å². The Morgan fingerprint density at radius 3 is 2.32 bits per heavy atom. The molecule has 0 bridgehead atoms. The molecule has 0 radical (unpaired) electrons. The number of carbonyl (C=O) groups excluding carboxylic acids is 2. The minimum Gasteiger partial charge on any atom is -0.370 e. The van der Waals surface area contributed by atoms with Crippen molar-refractivity contribution in [1.82, 2.24) is 4.90 Å². The highest BCUT2D eigenvalue weighted by atomic mass is 16.2. The van der Waals surface area contributed by atoms with E-state index in [1.807, 2.05) is 36.9 Å². The van der Waals surface area contributed by atoms with Crippen LogP contribution in [0.15, 0.2) is 24.3 Å². The van der Waals surface area contributed by atoms with E-state index >= 15 is 0 Å². The van der Waals surface area contributed by atoms with Gasteiger partial charge in [0.25, 0.3) is 0 Å². The van der Waals surface area contributed by atoms with Gasteiger partial charge in [-0.2, -0.15) is 0 Å². The Morgan fingerprint density at radius 2 is 1.68 bits per heavy atom. The Bertz CT molecular complexity index is 615. The van der Waals surface area contributed by atoms with Crippen molar-refractivity contribution in [3.63, 3.8) is 0 Å². The molecule has 2 aliphatic rings. The number of piperidine rings is 1. The fourth-order valence-corrected chi connectivity index (χ4v) is 3.78. The summed E-state index contributed by atoms with van der Waals surface area (Å²) in [5.74, 6) is 0.294. The molecule has 0 unspecified atom stereocenters. The number of anilines is 2. The van der Waals surface area contributed by atoms with Gasteiger partial charge in [-0.1, -0.05) is 26.0 Å². The van der Waals surface area contributed by atoms with Crippen LogP contribution in [0.3, 0.4) is 0 Å². The maximum Gasteiger partial charge on any atom is 0.227 e. The smallest absolute Gasteiger partial charge is 0.227 e. The first kappa shape index (κ1) is 17.8.